The molecule has 0 saturated heterocycles. The first kappa shape index (κ1) is 33.8. The van der Waals surface area contributed by atoms with Crippen LogP contribution in [0.5, 0.6) is 0 Å². The van der Waals surface area contributed by atoms with Crippen molar-refractivity contribution in [3.8, 4) is 0 Å². The molecule has 0 aromatic rings. The van der Waals surface area contributed by atoms with Crippen LogP contribution in [0.15, 0.2) is 24.3 Å². The van der Waals surface area contributed by atoms with Crippen LogP contribution in [0.4, 0.5) is 0 Å². The summed E-state index contributed by atoms with van der Waals surface area (Å²) in [7, 11) is 0. The molecule has 2 rings (SSSR count). The van der Waals surface area contributed by atoms with Gasteiger partial charge in [0.15, 0.2) is 12.6 Å². The van der Waals surface area contributed by atoms with Gasteiger partial charge in [-0.2, -0.15) is 0 Å². The van der Waals surface area contributed by atoms with Gasteiger partial charge in [0, 0.05) is 50.2 Å². The third kappa shape index (κ3) is 13.7. The highest BCUT2D eigenvalue weighted by atomic mass is 16.7. The Hall–Kier alpha value is -3.42. The summed E-state index contributed by atoms with van der Waals surface area (Å²) < 4.78 is 26.6. The van der Waals surface area contributed by atoms with Crippen LogP contribution in [0.25, 0.3) is 0 Å². The summed E-state index contributed by atoms with van der Waals surface area (Å²) in [6.45, 7) is 4.83. The summed E-state index contributed by atoms with van der Waals surface area (Å²) in [5.74, 6) is -2.00. The van der Waals surface area contributed by atoms with E-state index in [1.165, 1.54) is 34.1 Å². The molecule has 0 aromatic carbocycles. The van der Waals surface area contributed by atoms with Gasteiger partial charge in [-0.1, -0.05) is 12.8 Å². The smallest absolute Gasteiger partial charge is 0.308 e. The van der Waals surface area contributed by atoms with Gasteiger partial charge in [0.1, 0.15) is 0 Å². The molecule has 0 N–H and O–H groups in total. The van der Waals surface area contributed by atoms with Gasteiger partial charge in [-0.3, -0.25) is 38.6 Å². The van der Waals surface area contributed by atoms with E-state index in [0.29, 0.717) is 51.6 Å². The number of hydrogen-bond donors (Lipinski definition) is 0. The minimum Gasteiger partial charge on any atom is -0.436 e. The number of imide groups is 2. The Bertz CT molecular complexity index is 866. The van der Waals surface area contributed by atoms with E-state index in [1.807, 2.05) is 0 Å². The van der Waals surface area contributed by atoms with Crippen LogP contribution in [0, 0.1) is 0 Å². The molecular weight excluding hydrogens is 540 g/mol. The van der Waals surface area contributed by atoms with E-state index >= 15 is 0 Å². The highest BCUT2D eigenvalue weighted by Crippen LogP contribution is 2.10. The molecule has 2 atom stereocenters. The van der Waals surface area contributed by atoms with Gasteiger partial charge in [0.2, 0.25) is 0 Å². The van der Waals surface area contributed by atoms with Crippen LogP contribution in [0.2, 0.25) is 0 Å². The molecule has 0 bridgehead atoms. The van der Waals surface area contributed by atoms with E-state index in [0.717, 1.165) is 0 Å². The predicted molar refractivity (Wildman–Crippen MR) is 142 cm³/mol. The molecule has 0 radical (unpaired) electrons. The van der Waals surface area contributed by atoms with E-state index in [9.17, 15) is 28.8 Å². The lowest BCUT2D eigenvalue weighted by atomic mass is 10.2. The average molecular weight is 581 g/mol. The second kappa shape index (κ2) is 18.8. The lowest BCUT2D eigenvalue weighted by molar-refractivity contribution is -0.180. The van der Waals surface area contributed by atoms with Gasteiger partial charge in [0.05, 0.1) is 26.4 Å². The first-order valence-electron chi connectivity index (χ1n) is 13.9. The zero-order valence-electron chi connectivity index (χ0n) is 23.7. The van der Waals surface area contributed by atoms with Crippen LogP contribution in [-0.4, -0.2) is 97.5 Å². The zero-order valence-corrected chi connectivity index (χ0v) is 23.7. The van der Waals surface area contributed by atoms with Gasteiger partial charge in [-0.25, -0.2) is 0 Å². The molecule has 228 valence electrons. The highest BCUT2D eigenvalue weighted by Gasteiger charge is 2.23. The molecule has 0 aliphatic carbocycles. The van der Waals surface area contributed by atoms with Crippen LogP contribution in [-0.2, 0) is 52.5 Å². The number of carbonyl (C=O) groups excluding carboxylic acids is 6. The number of carbonyl (C=O) groups is 6. The van der Waals surface area contributed by atoms with Crippen molar-refractivity contribution in [1.82, 2.24) is 9.80 Å². The first-order valence-corrected chi connectivity index (χ1v) is 13.9. The molecular formula is C28H40N2O11. The summed E-state index contributed by atoms with van der Waals surface area (Å²) in [5.41, 5.74) is 0. The maximum Gasteiger partial charge on any atom is 0.308 e. The molecule has 0 spiro atoms. The Morgan fingerprint density at radius 1 is 0.585 bits per heavy atom. The molecule has 0 saturated carbocycles. The lowest BCUT2D eigenvalue weighted by Gasteiger charge is -2.16. The number of nitrogens with zero attached hydrogens (tertiary/aromatic N) is 2. The molecule has 2 heterocycles. The normalized spacial score (nSPS) is 16.1. The van der Waals surface area contributed by atoms with Crippen molar-refractivity contribution < 1.29 is 52.5 Å². The molecule has 13 heteroatoms. The molecule has 13 nitrogen and oxygen atoms in total. The Morgan fingerprint density at radius 2 is 0.951 bits per heavy atom. The molecule has 41 heavy (non-hydrogen) atoms. The fourth-order valence-electron chi connectivity index (χ4n) is 3.94. The SMILES string of the molecule is CC(OCCOCCOC(C)OC(=O)CCCCCN1C(=O)C=CC1=O)OC(=O)CCCCCN1C(=O)C=CC1=O. The molecule has 0 fully saturated rings. The van der Waals surface area contributed by atoms with Crippen molar-refractivity contribution in [1.29, 1.82) is 0 Å². The minimum atomic E-state index is -0.727. The van der Waals surface area contributed by atoms with Gasteiger partial charge in [-0.05, 0) is 39.5 Å². The van der Waals surface area contributed by atoms with Gasteiger partial charge < -0.3 is 23.7 Å². The van der Waals surface area contributed by atoms with Gasteiger partial charge >= 0.3 is 11.9 Å². The largest absolute Gasteiger partial charge is 0.436 e. The van der Waals surface area contributed by atoms with E-state index in [4.69, 9.17) is 23.7 Å². The monoisotopic (exact) mass is 580 g/mol. The Morgan fingerprint density at radius 3 is 1.32 bits per heavy atom. The van der Waals surface area contributed by atoms with Gasteiger partial charge in [0.25, 0.3) is 23.6 Å². The summed E-state index contributed by atoms with van der Waals surface area (Å²) in [4.78, 5) is 72.0. The number of amides is 4. The van der Waals surface area contributed by atoms with Crippen molar-refractivity contribution in [3.63, 3.8) is 0 Å². The maximum absolute atomic E-state index is 11.9. The number of hydrogen-bond acceptors (Lipinski definition) is 11. The fourth-order valence-corrected chi connectivity index (χ4v) is 3.94. The topological polar surface area (TPSA) is 155 Å². The van der Waals surface area contributed by atoms with Crippen LogP contribution in [0.3, 0.4) is 0 Å². The number of unbranched alkanes of at least 4 members (excludes halogenated alkanes) is 4. The van der Waals surface area contributed by atoms with Crippen molar-refractivity contribution >= 4 is 35.6 Å². The number of esters is 2. The van der Waals surface area contributed by atoms with Crippen LogP contribution in [0.1, 0.15) is 65.2 Å². The van der Waals surface area contributed by atoms with Crippen LogP contribution < -0.4 is 0 Å². The number of ether oxygens (including phenoxy) is 5. The Labute approximate surface area is 239 Å². The van der Waals surface area contributed by atoms with E-state index in [2.05, 4.69) is 0 Å². The third-order valence-electron chi connectivity index (χ3n) is 6.08. The lowest BCUT2D eigenvalue weighted by Crippen LogP contribution is -2.30. The predicted octanol–water partition coefficient (Wildman–Crippen LogP) is 1.79. The molecule has 2 aliphatic heterocycles. The Balaban J connectivity index is 1.36. The van der Waals surface area contributed by atoms with E-state index in [1.54, 1.807) is 13.8 Å². The summed E-state index contributed by atoms with van der Waals surface area (Å²) >= 11 is 0. The average Bonchev–Trinajstić information content (AvgIpc) is 3.42. The second-order valence-electron chi connectivity index (χ2n) is 9.41. The Kier molecular flexibility index (Phi) is 15.5. The third-order valence-corrected chi connectivity index (χ3v) is 6.08. The van der Waals surface area contributed by atoms with Crippen LogP contribution >= 0.6 is 0 Å². The van der Waals surface area contributed by atoms with Crippen molar-refractivity contribution in [2.45, 2.75) is 77.8 Å². The molecule has 4 amide bonds. The molecule has 2 unspecified atom stereocenters. The second-order valence-corrected chi connectivity index (χ2v) is 9.41. The summed E-state index contributed by atoms with van der Waals surface area (Å²) in [6.07, 6.45) is 7.73. The minimum absolute atomic E-state index is 0.210. The quantitative estimate of drug-likeness (QED) is 0.0796. The maximum atomic E-state index is 11.9. The van der Waals surface area contributed by atoms with E-state index < -0.39 is 24.5 Å². The molecule has 0 aromatic heterocycles. The molecule has 2 aliphatic rings. The first-order chi connectivity index (χ1) is 19.7. The number of rotatable bonds is 22. The van der Waals surface area contributed by atoms with E-state index in [-0.39, 0.29) is 62.9 Å². The standard InChI is InChI=1S/C28H40N2O11/c1-21(40-27(35)9-5-3-7-15-29-23(31)11-12-24(29)32)38-19-17-37-18-20-39-22(2)41-28(36)10-6-4-8-16-30-25(33)13-14-26(30)34/h11-14,21-22H,3-10,15-20H2,1-2H3. The summed E-state index contributed by atoms with van der Waals surface area (Å²) in [6, 6.07) is 0. The summed E-state index contributed by atoms with van der Waals surface area (Å²) in [5, 5.41) is 0. The zero-order chi connectivity index (χ0) is 30.0. The van der Waals surface area contributed by atoms with Crippen molar-refractivity contribution in [3.05, 3.63) is 24.3 Å². The fraction of sp³-hybridized carbons (Fsp3) is 0.643. The van der Waals surface area contributed by atoms with Crippen molar-refractivity contribution in [2.24, 2.45) is 0 Å². The van der Waals surface area contributed by atoms with Gasteiger partial charge in [-0.15, -0.1) is 0 Å². The highest BCUT2D eigenvalue weighted by molar-refractivity contribution is 6.13. The van der Waals surface area contributed by atoms with Crippen molar-refractivity contribution in [2.75, 3.05) is 39.5 Å².